The highest BCUT2D eigenvalue weighted by molar-refractivity contribution is 9.10. The monoisotopic (exact) mass is 364 g/mol. The summed E-state index contributed by atoms with van der Waals surface area (Å²) in [5.41, 5.74) is 2.64. The van der Waals surface area contributed by atoms with Crippen molar-refractivity contribution in [2.75, 3.05) is 5.32 Å². The van der Waals surface area contributed by atoms with Gasteiger partial charge in [-0.25, -0.2) is 0 Å². The van der Waals surface area contributed by atoms with Crippen LogP contribution in [0.1, 0.15) is 11.1 Å². The molecule has 0 saturated carbocycles. The van der Waals surface area contributed by atoms with E-state index in [2.05, 4.69) is 43.2 Å². The van der Waals surface area contributed by atoms with Crippen LogP contribution >= 0.6 is 31.9 Å². The SMILES string of the molecule is N#Cc1cc(Br)ccc1NCc1ccccc1Br. The van der Waals surface area contributed by atoms with Gasteiger partial charge in [0.25, 0.3) is 0 Å². The van der Waals surface area contributed by atoms with Crippen molar-refractivity contribution in [3.63, 3.8) is 0 Å². The van der Waals surface area contributed by atoms with Gasteiger partial charge in [-0.15, -0.1) is 0 Å². The molecule has 0 atom stereocenters. The zero-order valence-corrected chi connectivity index (χ0v) is 12.6. The summed E-state index contributed by atoms with van der Waals surface area (Å²) in [6.07, 6.45) is 0. The van der Waals surface area contributed by atoms with E-state index in [9.17, 15) is 0 Å². The van der Waals surface area contributed by atoms with Crippen LogP contribution in [0.25, 0.3) is 0 Å². The predicted octanol–water partition coefficient (Wildman–Crippen LogP) is 4.70. The molecule has 0 bridgehead atoms. The van der Waals surface area contributed by atoms with Crippen LogP contribution < -0.4 is 5.32 Å². The fourth-order valence-electron chi connectivity index (χ4n) is 1.60. The van der Waals surface area contributed by atoms with Crippen LogP contribution in [-0.2, 0) is 6.54 Å². The van der Waals surface area contributed by atoms with Crippen molar-refractivity contribution < 1.29 is 0 Å². The first kappa shape index (κ1) is 13.1. The van der Waals surface area contributed by atoms with Crippen molar-refractivity contribution >= 4 is 37.5 Å². The fraction of sp³-hybridized carbons (Fsp3) is 0.0714. The second-order valence-corrected chi connectivity index (χ2v) is 5.52. The Kier molecular flexibility index (Phi) is 4.40. The maximum absolute atomic E-state index is 9.07. The van der Waals surface area contributed by atoms with Gasteiger partial charge < -0.3 is 5.32 Å². The number of nitriles is 1. The molecule has 0 spiro atoms. The highest BCUT2D eigenvalue weighted by atomic mass is 79.9. The van der Waals surface area contributed by atoms with Crippen LogP contribution in [0.3, 0.4) is 0 Å². The Balaban J connectivity index is 2.16. The Labute approximate surface area is 123 Å². The number of nitrogens with zero attached hydrogens (tertiary/aromatic N) is 1. The largest absolute Gasteiger partial charge is 0.380 e. The average Bonchev–Trinajstić information content (AvgIpc) is 2.39. The molecule has 2 aromatic rings. The fourth-order valence-corrected chi connectivity index (χ4v) is 2.38. The molecule has 0 aliphatic carbocycles. The van der Waals surface area contributed by atoms with Crippen LogP contribution in [-0.4, -0.2) is 0 Å². The lowest BCUT2D eigenvalue weighted by molar-refractivity contribution is 1.13. The maximum Gasteiger partial charge on any atom is 0.101 e. The van der Waals surface area contributed by atoms with Gasteiger partial charge >= 0.3 is 0 Å². The second kappa shape index (κ2) is 6.03. The molecule has 2 aromatic carbocycles. The Morgan fingerprint density at radius 1 is 1.11 bits per heavy atom. The van der Waals surface area contributed by atoms with Gasteiger partial charge in [0, 0.05) is 15.5 Å². The van der Waals surface area contributed by atoms with E-state index in [-0.39, 0.29) is 0 Å². The molecule has 1 N–H and O–H groups in total. The number of anilines is 1. The first-order valence-corrected chi connectivity index (χ1v) is 6.96. The van der Waals surface area contributed by atoms with Gasteiger partial charge in [-0.3, -0.25) is 0 Å². The molecule has 0 aliphatic rings. The molecule has 0 saturated heterocycles. The Morgan fingerprint density at radius 3 is 2.61 bits per heavy atom. The molecule has 4 heteroatoms. The van der Waals surface area contributed by atoms with Gasteiger partial charge in [0.15, 0.2) is 0 Å². The summed E-state index contributed by atoms with van der Waals surface area (Å²) in [4.78, 5) is 0. The zero-order valence-electron chi connectivity index (χ0n) is 9.45. The quantitative estimate of drug-likeness (QED) is 0.855. The average molecular weight is 366 g/mol. The lowest BCUT2D eigenvalue weighted by atomic mass is 10.1. The molecule has 18 heavy (non-hydrogen) atoms. The third kappa shape index (κ3) is 3.12. The number of rotatable bonds is 3. The summed E-state index contributed by atoms with van der Waals surface area (Å²) >= 11 is 6.86. The summed E-state index contributed by atoms with van der Waals surface area (Å²) in [7, 11) is 0. The van der Waals surface area contributed by atoms with Gasteiger partial charge in [0.1, 0.15) is 6.07 Å². The van der Waals surface area contributed by atoms with Crippen molar-refractivity contribution in [3.8, 4) is 6.07 Å². The molecule has 2 nitrogen and oxygen atoms in total. The van der Waals surface area contributed by atoms with Crippen LogP contribution in [0.15, 0.2) is 51.4 Å². The van der Waals surface area contributed by atoms with Gasteiger partial charge in [0.2, 0.25) is 0 Å². The lowest BCUT2D eigenvalue weighted by Gasteiger charge is -2.09. The Hall–Kier alpha value is -1.31. The lowest BCUT2D eigenvalue weighted by Crippen LogP contribution is -2.01. The van der Waals surface area contributed by atoms with Gasteiger partial charge in [-0.1, -0.05) is 50.1 Å². The molecule has 0 aromatic heterocycles. The van der Waals surface area contributed by atoms with E-state index in [1.54, 1.807) is 0 Å². The number of benzene rings is 2. The zero-order chi connectivity index (χ0) is 13.0. The van der Waals surface area contributed by atoms with Crippen LogP contribution in [0.4, 0.5) is 5.69 Å². The summed E-state index contributed by atoms with van der Waals surface area (Å²) < 4.78 is 1.97. The molecule has 0 aliphatic heterocycles. The molecular formula is C14H10Br2N2. The molecule has 0 fully saturated rings. The van der Waals surface area contributed by atoms with Crippen molar-refractivity contribution in [2.45, 2.75) is 6.54 Å². The third-order valence-electron chi connectivity index (χ3n) is 2.53. The van der Waals surface area contributed by atoms with E-state index in [0.29, 0.717) is 12.1 Å². The van der Waals surface area contributed by atoms with Crippen LogP contribution in [0.2, 0.25) is 0 Å². The Morgan fingerprint density at radius 2 is 1.89 bits per heavy atom. The smallest absolute Gasteiger partial charge is 0.101 e. The minimum Gasteiger partial charge on any atom is -0.380 e. The van der Waals surface area contributed by atoms with Crippen molar-refractivity contribution in [1.82, 2.24) is 0 Å². The second-order valence-electron chi connectivity index (χ2n) is 3.75. The summed E-state index contributed by atoms with van der Waals surface area (Å²) in [6.45, 7) is 0.678. The standard InChI is InChI=1S/C14H10Br2N2/c15-12-5-6-14(11(7-12)8-17)18-9-10-3-1-2-4-13(10)16/h1-7,18H,9H2. The van der Waals surface area contributed by atoms with Crippen LogP contribution in [0.5, 0.6) is 0 Å². The molecular weight excluding hydrogens is 356 g/mol. The van der Waals surface area contributed by atoms with E-state index in [1.807, 2.05) is 42.5 Å². The molecule has 0 unspecified atom stereocenters. The molecule has 2 rings (SSSR count). The molecule has 90 valence electrons. The Bertz CT molecular complexity index is 603. The maximum atomic E-state index is 9.07. The minimum atomic E-state index is 0.636. The van der Waals surface area contributed by atoms with Crippen molar-refractivity contribution in [2.24, 2.45) is 0 Å². The number of hydrogen-bond acceptors (Lipinski definition) is 2. The third-order valence-corrected chi connectivity index (χ3v) is 3.80. The van der Waals surface area contributed by atoms with Gasteiger partial charge in [-0.2, -0.15) is 5.26 Å². The van der Waals surface area contributed by atoms with E-state index in [4.69, 9.17) is 5.26 Å². The minimum absolute atomic E-state index is 0.636. The van der Waals surface area contributed by atoms with E-state index < -0.39 is 0 Å². The van der Waals surface area contributed by atoms with Gasteiger partial charge in [-0.05, 0) is 29.8 Å². The van der Waals surface area contributed by atoms with Crippen LogP contribution in [0, 0.1) is 11.3 Å². The van der Waals surface area contributed by atoms with Crippen molar-refractivity contribution in [1.29, 1.82) is 5.26 Å². The predicted molar refractivity (Wildman–Crippen MR) is 80.3 cm³/mol. The molecule has 0 radical (unpaired) electrons. The van der Waals surface area contributed by atoms with Gasteiger partial charge in [0.05, 0.1) is 11.3 Å². The first-order chi connectivity index (χ1) is 8.70. The topological polar surface area (TPSA) is 35.8 Å². The number of hydrogen-bond donors (Lipinski definition) is 1. The number of nitrogens with one attached hydrogen (secondary N) is 1. The van der Waals surface area contributed by atoms with E-state index in [0.717, 1.165) is 20.2 Å². The van der Waals surface area contributed by atoms with E-state index >= 15 is 0 Å². The first-order valence-electron chi connectivity index (χ1n) is 5.37. The summed E-state index contributed by atoms with van der Waals surface area (Å²) in [6, 6.07) is 15.8. The van der Waals surface area contributed by atoms with E-state index in [1.165, 1.54) is 0 Å². The number of halogens is 2. The highest BCUT2D eigenvalue weighted by Crippen LogP contribution is 2.22. The molecule has 0 amide bonds. The summed E-state index contributed by atoms with van der Waals surface area (Å²) in [5.74, 6) is 0. The highest BCUT2D eigenvalue weighted by Gasteiger charge is 2.03. The normalized spacial score (nSPS) is 9.83. The molecule has 0 heterocycles. The summed E-state index contributed by atoms with van der Waals surface area (Å²) in [5, 5.41) is 12.3. The van der Waals surface area contributed by atoms with Crippen molar-refractivity contribution in [3.05, 3.63) is 62.5 Å².